The van der Waals surface area contributed by atoms with E-state index < -0.39 is 0 Å². The summed E-state index contributed by atoms with van der Waals surface area (Å²) in [6.07, 6.45) is 5.35. The Kier molecular flexibility index (Phi) is 5.27. The smallest absolute Gasteiger partial charge is 0.278 e. The number of aromatic nitrogens is 3. The van der Waals surface area contributed by atoms with E-state index in [0.29, 0.717) is 0 Å². The van der Waals surface area contributed by atoms with Crippen molar-refractivity contribution in [2.24, 2.45) is 5.10 Å². The van der Waals surface area contributed by atoms with Crippen LogP contribution in [-0.2, 0) is 21.1 Å². The number of rotatable bonds is 2. The Morgan fingerprint density at radius 1 is 0.763 bits per heavy atom. The molecule has 3 aliphatic heterocycles. The number of hydrogen-bond donors (Lipinski definition) is 0. The summed E-state index contributed by atoms with van der Waals surface area (Å²) in [4.78, 5) is 4.43. The van der Waals surface area contributed by atoms with Gasteiger partial charge in [0.1, 0.15) is 0 Å². The third-order valence-electron chi connectivity index (χ3n) is 7.23. The van der Waals surface area contributed by atoms with E-state index >= 15 is 0 Å². The van der Waals surface area contributed by atoms with Crippen LogP contribution in [0.5, 0.6) is 0 Å². The number of fused-ring (bicyclic) bond motifs is 11. The summed E-state index contributed by atoms with van der Waals surface area (Å²) >= 11 is 0. The molecule has 4 heterocycles. The molecule has 38 heavy (non-hydrogen) atoms. The average Bonchev–Trinajstić information content (AvgIpc) is 3.65. The van der Waals surface area contributed by atoms with E-state index in [1.165, 1.54) is 33.6 Å². The van der Waals surface area contributed by atoms with E-state index in [9.17, 15) is 0 Å². The van der Waals surface area contributed by atoms with E-state index in [0.717, 1.165) is 22.3 Å². The van der Waals surface area contributed by atoms with Crippen LogP contribution < -0.4 is 20.6 Å². The molecule has 4 aromatic carbocycles. The van der Waals surface area contributed by atoms with Crippen LogP contribution in [0.3, 0.4) is 0 Å². The van der Waals surface area contributed by atoms with Crippen molar-refractivity contribution >= 4 is 41.2 Å². The van der Waals surface area contributed by atoms with Gasteiger partial charge in [-0.2, -0.15) is 35.2 Å². The van der Waals surface area contributed by atoms with Gasteiger partial charge in [-0.25, -0.2) is 9.78 Å². The molecule has 3 aliphatic rings. The molecule has 0 N–H and O–H groups in total. The second-order valence-electron chi connectivity index (χ2n) is 9.32. The van der Waals surface area contributed by atoms with E-state index in [4.69, 9.17) is 0 Å². The van der Waals surface area contributed by atoms with Crippen molar-refractivity contribution in [2.45, 2.75) is 0 Å². The normalized spacial score (nSPS) is 14.3. The van der Waals surface area contributed by atoms with Gasteiger partial charge in [0.25, 0.3) is 6.85 Å². The third-order valence-corrected chi connectivity index (χ3v) is 7.23. The Hall–Kier alpha value is -4.16. The maximum Gasteiger partial charge on any atom is 0.278 e. The van der Waals surface area contributed by atoms with Crippen molar-refractivity contribution in [1.82, 2.24) is 20.0 Å². The molecule has 0 atom stereocenters. The first kappa shape index (κ1) is 23.0. The maximum atomic E-state index is 4.36. The molecule has 0 unspecified atom stereocenters. The zero-order valence-electron chi connectivity index (χ0n) is 20.3. The van der Waals surface area contributed by atoms with Crippen molar-refractivity contribution in [1.29, 1.82) is 0 Å². The Morgan fingerprint density at radius 3 is 2.00 bits per heavy atom. The van der Waals surface area contributed by atoms with Gasteiger partial charge < -0.3 is 14.7 Å². The molecule has 0 amide bonds. The van der Waals surface area contributed by atoms with Gasteiger partial charge in [0, 0.05) is 38.6 Å². The van der Waals surface area contributed by atoms with Crippen LogP contribution in [0.4, 0.5) is 17.1 Å². The molecular formula is C29H19BN7Pt-3. The minimum atomic E-state index is -0.115. The zero-order valence-corrected chi connectivity index (χ0v) is 22.5. The summed E-state index contributed by atoms with van der Waals surface area (Å²) in [6.45, 7) is 1.83. The summed E-state index contributed by atoms with van der Waals surface area (Å²) < 4.78 is 1.76. The van der Waals surface area contributed by atoms with Crippen molar-refractivity contribution in [2.75, 3.05) is 16.8 Å². The first-order valence-electron chi connectivity index (χ1n) is 12.1. The summed E-state index contributed by atoms with van der Waals surface area (Å²) in [5.74, 6) is 0. The van der Waals surface area contributed by atoms with Crippen molar-refractivity contribution in [3.63, 3.8) is 0 Å². The first-order valence-corrected chi connectivity index (χ1v) is 12.1. The van der Waals surface area contributed by atoms with Crippen LogP contribution in [-0.4, -0.2) is 40.2 Å². The summed E-state index contributed by atoms with van der Waals surface area (Å²) in [6, 6.07) is 33.3. The summed E-state index contributed by atoms with van der Waals surface area (Å²) in [7, 11) is 1.92. The standard InChI is InChI=1S/C29H19BN7.Pt/c1-34-19-35(18-32-34)20-10-12-22-24-6-2-4-8-28(24)37-29-9-5-3-7-25(29)23-13-11-21(36-15-14-31-33-36)17-27(23)30(37)26(22)16-20;/h2-15,18-19H,1H3;/q-3;. The number of benzene rings is 4. The predicted molar refractivity (Wildman–Crippen MR) is 147 cm³/mol. The molecule has 0 spiro atoms. The third kappa shape index (κ3) is 3.30. The van der Waals surface area contributed by atoms with Gasteiger partial charge in [-0.15, -0.1) is 40.7 Å². The molecule has 9 heteroatoms. The second kappa shape index (κ2) is 8.71. The zero-order chi connectivity index (χ0) is 24.5. The molecular weight excluding hydrogens is 652 g/mol. The molecule has 0 radical (unpaired) electrons. The van der Waals surface area contributed by atoms with E-state index in [1.807, 2.05) is 31.2 Å². The topological polar surface area (TPSA) is 52.8 Å². The van der Waals surface area contributed by atoms with Crippen LogP contribution in [0.15, 0.2) is 90.3 Å². The molecule has 186 valence electrons. The number of hydrogen-bond acceptors (Lipinski definition) is 6. The van der Waals surface area contributed by atoms with Crippen LogP contribution in [0, 0.1) is 18.8 Å². The molecule has 1 aromatic heterocycles. The summed E-state index contributed by atoms with van der Waals surface area (Å²) in [5, 5.41) is 14.4. The minimum Gasteiger partial charge on any atom is -0.483 e. The second-order valence-corrected chi connectivity index (χ2v) is 9.32. The van der Waals surface area contributed by atoms with Gasteiger partial charge in [-0.3, -0.25) is 0 Å². The van der Waals surface area contributed by atoms with Crippen LogP contribution in [0.25, 0.3) is 27.9 Å². The molecule has 0 saturated heterocycles. The quantitative estimate of drug-likeness (QED) is 0.212. The average molecular weight is 671 g/mol. The van der Waals surface area contributed by atoms with E-state index in [2.05, 4.69) is 105 Å². The number of hydrazone groups is 1. The molecule has 0 saturated carbocycles. The van der Waals surface area contributed by atoms with Gasteiger partial charge >= 0.3 is 0 Å². The van der Waals surface area contributed by atoms with Gasteiger partial charge in [0.05, 0.1) is 12.5 Å². The van der Waals surface area contributed by atoms with Crippen molar-refractivity contribution in [3.8, 4) is 27.9 Å². The largest absolute Gasteiger partial charge is 0.483 e. The fourth-order valence-electron chi connectivity index (χ4n) is 5.65. The van der Waals surface area contributed by atoms with Gasteiger partial charge in [0.2, 0.25) is 0 Å². The molecule has 0 bridgehead atoms. The number of anilines is 3. The Bertz CT molecular complexity index is 1720. The number of nitrogens with zero attached hydrogens (tertiary/aromatic N) is 7. The first-order chi connectivity index (χ1) is 18.3. The van der Waals surface area contributed by atoms with E-state index in [1.54, 1.807) is 15.9 Å². The molecule has 0 fully saturated rings. The van der Waals surface area contributed by atoms with Crippen LogP contribution in [0.2, 0.25) is 0 Å². The molecule has 8 rings (SSSR count). The minimum absolute atomic E-state index is 0. The fourth-order valence-corrected chi connectivity index (χ4v) is 5.65. The van der Waals surface area contributed by atoms with Gasteiger partial charge in [-0.05, 0) is 24.9 Å². The maximum absolute atomic E-state index is 4.36. The Labute approximate surface area is 235 Å². The monoisotopic (exact) mass is 671 g/mol. The SMILES string of the molecule is CN1[CH-]N(c2[c-]c3c(cc2)-c2ccccc2N2B3c3[c-]c(-n4ccnn4)ccc3-c3ccccc32)C=N1.[Pt]. The molecule has 5 aromatic rings. The van der Waals surface area contributed by atoms with Crippen LogP contribution in [0.1, 0.15) is 0 Å². The Morgan fingerprint density at radius 2 is 1.39 bits per heavy atom. The predicted octanol–water partition coefficient (Wildman–Crippen LogP) is 3.58. The number of para-hydroxylation sites is 2. The molecule has 7 nitrogen and oxygen atoms in total. The molecule has 0 aliphatic carbocycles. The van der Waals surface area contributed by atoms with E-state index in [-0.39, 0.29) is 27.9 Å². The van der Waals surface area contributed by atoms with Gasteiger partial charge in [-0.1, -0.05) is 52.7 Å². The fraction of sp³-hybridized carbons (Fsp3) is 0.0345. The summed E-state index contributed by atoms with van der Waals surface area (Å²) in [5.41, 5.74) is 11.1. The Balaban J connectivity index is 0.00000242. The van der Waals surface area contributed by atoms with Crippen molar-refractivity contribution in [3.05, 3.63) is 104 Å². The van der Waals surface area contributed by atoms with Crippen molar-refractivity contribution < 1.29 is 21.1 Å². The van der Waals surface area contributed by atoms with Gasteiger partial charge in [0.15, 0.2) is 0 Å². The van der Waals surface area contributed by atoms with Crippen LogP contribution >= 0.6 is 0 Å².